The molecule has 0 unspecified atom stereocenters. The number of hydrogen-bond donors (Lipinski definition) is 6. The van der Waals surface area contributed by atoms with Gasteiger partial charge >= 0.3 is 11.9 Å². The van der Waals surface area contributed by atoms with Gasteiger partial charge in [-0.1, -0.05) is 40.7 Å². The SMILES string of the molecule is NN=NC(=Nc1ccc(C(=O)Oc2ccc(CCC(=O)N[C@@H](Cc3c[nH]c4ccccc34)C(=O)O)cc2)cc1)NN. The molecular weight excluding hydrogens is 528 g/mol. The lowest BCUT2D eigenvalue weighted by molar-refractivity contribution is -0.141. The van der Waals surface area contributed by atoms with Crippen LogP contribution in [0.5, 0.6) is 5.75 Å². The second kappa shape index (κ2) is 13.5. The maximum atomic E-state index is 12.5. The molecule has 13 nitrogen and oxygen atoms in total. The van der Waals surface area contributed by atoms with Crippen molar-refractivity contribution in [2.45, 2.75) is 25.3 Å². The highest BCUT2D eigenvalue weighted by Gasteiger charge is 2.22. The Morgan fingerprint density at radius 3 is 2.41 bits per heavy atom. The van der Waals surface area contributed by atoms with Gasteiger partial charge in [-0.3, -0.25) is 10.2 Å². The van der Waals surface area contributed by atoms with E-state index in [1.165, 1.54) is 12.1 Å². The van der Waals surface area contributed by atoms with E-state index in [2.05, 4.69) is 31.1 Å². The quantitative estimate of drug-likeness (QED) is 0.0324. The number of ether oxygens (including phenoxy) is 1. The lowest BCUT2D eigenvalue weighted by Gasteiger charge is -2.14. The van der Waals surface area contributed by atoms with Crippen LogP contribution in [0.15, 0.2) is 94.3 Å². The zero-order chi connectivity index (χ0) is 29.2. The second-order valence-corrected chi connectivity index (χ2v) is 8.90. The number of aliphatic imine (C=N–C) groups is 1. The average molecular weight is 557 g/mol. The smallest absolute Gasteiger partial charge is 0.343 e. The van der Waals surface area contributed by atoms with Crippen LogP contribution < -0.4 is 27.2 Å². The van der Waals surface area contributed by atoms with Crippen molar-refractivity contribution < 1.29 is 24.2 Å². The van der Waals surface area contributed by atoms with Gasteiger partial charge in [-0.2, -0.15) is 0 Å². The Kier molecular flexibility index (Phi) is 9.36. The first-order valence-electron chi connectivity index (χ1n) is 12.5. The van der Waals surface area contributed by atoms with Crippen LogP contribution in [0.4, 0.5) is 5.69 Å². The number of benzene rings is 3. The van der Waals surface area contributed by atoms with Crippen molar-refractivity contribution in [3.05, 3.63) is 95.7 Å². The molecule has 0 radical (unpaired) electrons. The lowest BCUT2D eigenvalue weighted by Crippen LogP contribution is -2.42. The number of amides is 1. The molecular formula is C28H28N8O5. The van der Waals surface area contributed by atoms with Gasteiger partial charge in [0.25, 0.3) is 5.96 Å². The first-order chi connectivity index (χ1) is 19.9. The monoisotopic (exact) mass is 556 g/mol. The number of carbonyl (C=O) groups excluding carboxylic acids is 2. The van der Waals surface area contributed by atoms with E-state index in [4.69, 9.17) is 16.4 Å². The number of nitrogens with one attached hydrogen (secondary N) is 3. The fraction of sp³-hybridized carbons (Fsp3) is 0.143. The number of fused-ring (bicyclic) bond motifs is 1. The molecule has 41 heavy (non-hydrogen) atoms. The standard InChI is InChI=1S/C28H28N8O5/c29-34-28(35-36-30)32-20-10-8-18(9-11-20)27(40)41-21-12-5-17(6-13-21)7-14-25(37)33-24(26(38)39)15-19-16-31-23-4-2-1-3-22(19)23/h1-6,8-13,16,24,31H,7,14-15,29H2,(H,33,37)(H,38,39)(H3,30,32,34,35)/t24-/m0/s1. The summed E-state index contributed by atoms with van der Waals surface area (Å²) in [5, 5.41) is 19.8. The van der Waals surface area contributed by atoms with Crippen LogP contribution in [-0.2, 0) is 22.4 Å². The number of H-pyrrole nitrogens is 1. The van der Waals surface area contributed by atoms with Crippen LogP contribution in [-0.4, -0.2) is 39.9 Å². The third-order valence-electron chi connectivity index (χ3n) is 6.13. The van der Waals surface area contributed by atoms with Gasteiger partial charge in [0.15, 0.2) is 0 Å². The second-order valence-electron chi connectivity index (χ2n) is 8.90. The lowest BCUT2D eigenvalue weighted by atomic mass is 10.0. The van der Waals surface area contributed by atoms with Crippen LogP contribution in [0.2, 0.25) is 0 Å². The van der Waals surface area contributed by atoms with E-state index >= 15 is 0 Å². The zero-order valence-corrected chi connectivity index (χ0v) is 21.8. The number of rotatable bonds is 10. The number of guanidine groups is 1. The topological polar surface area (TPSA) is 210 Å². The van der Waals surface area contributed by atoms with Crippen molar-refractivity contribution in [1.82, 2.24) is 15.7 Å². The first-order valence-corrected chi connectivity index (χ1v) is 12.5. The van der Waals surface area contributed by atoms with E-state index < -0.39 is 18.0 Å². The minimum atomic E-state index is -1.10. The Morgan fingerprint density at radius 1 is 1.00 bits per heavy atom. The number of aliphatic carboxylic acids is 1. The van der Waals surface area contributed by atoms with E-state index in [9.17, 15) is 19.5 Å². The first kappa shape index (κ1) is 28.4. The summed E-state index contributed by atoms with van der Waals surface area (Å²) in [6.45, 7) is 0. The van der Waals surface area contributed by atoms with E-state index in [1.54, 1.807) is 42.6 Å². The summed E-state index contributed by atoms with van der Waals surface area (Å²) in [5.41, 5.74) is 5.54. The fourth-order valence-corrected chi connectivity index (χ4v) is 4.07. The molecule has 4 aromatic rings. The normalized spacial score (nSPS) is 12.3. The zero-order valence-electron chi connectivity index (χ0n) is 21.8. The Morgan fingerprint density at radius 2 is 1.73 bits per heavy atom. The number of carbonyl (C=O) groups is 3. The highest BCUT2D eigenvalue weighted by atomic mass is 16.5. The average Bonchev–Trinajstić information content (AvgIpc) is 3.39. The van der Waals surface area contributed by atoms with Gasteiger partial charge in [-0.05, 0) is 60.0 Å². The maximum Gasteiger partial charge on any atom is 0.343 e. The fourth-order valence-electron chi connectivity index (χ4n) is 4.07. The van der Waals surface area contributed by atoms with Crippen molar-refractivity contribution in [2.75, 3.05) is 0 Å². The predicted molar refractivity (Wildman–Crippen MR) is 151 cm³/mol. The van der Waals surface area contributed by atoms with Crippen LogP contribution in [0.3, 0.4) is 0 Å². The summed E-state index contributed by atoms with van der Waals surface area (Å²) >= 11 is 0. The molecule has 0 aliphatic heterocycles. The Hall–Kier alpha value is -5.56. The Bertz CT molecular complexity index is 1580. The predicted octanol–water partition coefficient (Wildman–Crippen LogP) is 2.91. The highest BCUT2D eigenvalue weighted by Crippen LogP contribution is 2.20. The van der Waals surface area contributed by atoms with Gasteiger partial charge in [-0.25, -0.2) is 20.4 Å². The summed E-state index contributed by atoms with van der Waals surface area (Å²) in [4.78, 5) is 44.0. The van der Waals surface area contributed by atoms with Gasteiger partial charge in [0.2, 0.25) is 5.91 Å². The minimum absolute atomic E-state index is 0.00691. The van der Waals surface area contributed by atoms with Crippen molar-refractivity contribution in [1.29, 1.82) is 0 Å². The number of aryl methyl sites for hydroxylation is 1. The highest BCUT2D eigenvalue weighted by molar-refractivity contribution is 5.92. The summed E-state index contributed by atoms with van der Waals surface area (Å²) in [6.07, 6.45) is 2.40. The number of carboxylic acid groups (broad SMARTS) is 1. The molecule has 8 N–H and O–H groups in total. The number of nitrogens with zero attached hydrogens (tertiary/aromatic N) is 3. The molecule has 1 aromatic heterocycles. The van der Waals surface area contributed by atoms with E-state index in [-0.39, 0.29) is 24.7 Å². The summed E-state index contributed by atoms with van der Waals surface area (Å²) < 4.78 is 5.42. The molecule has 0 saturated heterocycles. The van der Waals surface area contributed by atoms with E-state index in [0.717, 1.165) is 22.0 Å². The number of aromatic nitrogens is 1. The largest absolute Gasteiger partial charge is 0.480 e. The van der Waals surface area contributed by atoms with Crippen molar-refractivity contribution >= 4 is 40.4 Å². The van der Waals surface area contributed by atoms with Gasteiger partial charge in [0.1, 0.15) is 11.8 Å². The Balaban J connectivity index is 1.28. The summed E-state index contributed by atoms with van der Waals surface area (Å²) in [5.74, 6) is 8.53. The molecule has 0 fully saturated rings. The third kappa shape index (κ3) is 7.74. The number of aromatic amines is 1. The summed E-state index contributed by atoms with van der Waals surface area (Å²) in [7, 11) is 0. The molecule has 1 atom stereocenters. The number of para-hydroxylation sites is 1. The Labute approximate surface area is 234 Å². The van der Waals surface area contributed by atoms with Crippen LogP contribution >= 0.6 is 0 Å². The number of hydrazine groups is 1. The van der Waals surface area contributed by atoms with Crippen LogP contribution in [0.1, 0.15) is 27.9 Å². The van der Waals surface area contributed by atoms with Crippen LogP contribution in [0.25, 0.3) is 10.9 Å². The van der Waals surface area contributed by atoms with Gasteiger partial charge in [0, 0.05) is 29.9 Å². The number of hydrogen-bond acceptors (Lipinski definition) is 7. The molecule has 210 valence electrons. The number of carboxylic acids is 1. The van der Waals surface area contributed by atoms with Crippen molar-refractivity contribution in [2.24, 2.45) is 27.0 Å². The number of nitrogens with two attached hydrogens (primary N) is 2. The molecule has 4 rings (SSSR count). The van der Waals surface area contributed by atoms with Gasteiger partial charge in [-0.15, -0.1) is 0 Å². The molecule has 1 amide bonds. The molecule has 3 aromatic carbocycles. The third-order valence-corrected chi connectivity index (χ3v) is 6.13. The summed E-state index contributed by atoms with van der Waals surface area (Å²) in [6, 6.07) is 19.5. The molecule has 0 aliphatic carbocycles. The van der Waals surface area contributed by atoms with Crippen molar-refractivity contribution in [3.63, 3.8) is 0 Å². The van der Waals surface area contributed by atoms with Crippen LogP contribution in [0, 0.1) is 0 Å². The van der Waals surface area contributed by atoms with E-state index in [0.29, 0.717) is 23.4 Å². The minimum Gasteiger partial charge on any atom is -0.480 e. The molecule has 0 saturated carbocycles. The number of esters is 1. The molecule has 1 heterocycles. The molecule has 0 aliphatic rings. The molecule has 0 spiro atoms. The molecule has 0 bridgehead atoms. The van der Waals surface area contributed by atoms with Crippen molar-refractivity contribution in [3.8, 4) is 5.75 Å². The van der Waals surface area contributed by atoms with Gasteiger partial charge < -0.3 is 26.0 Å². The maximum absolute atomic E-state index is 12.5. The van der Waals surface area contributed by atoms with E-state index in [1.807, 2.05) is 24.3 Å². The van der Waals surface area contributed by atoms with Gasteiger partial charge in [0.05, 0.1) is 11.3 Å². The molecule has 13 heteroatoms.